The lowest BCUT2D eigenvalue weighted by Crippen LogP contribution is -2.55. The smallest absolute Gasteiger partial charge is 0.242 e. The minimum atomic E-state index is -0.363. The van der Waals surface area contributed by atoms with Crippen molar-refractivity contribution in [2.75, 3.05) is 46.5 Å². The highest BCUT2D eigenvalue weighted by Crippen LogP contribution is 2.33. The summed E-state index contributed by atoms with van der Waals surface area (Å²) in [5.74, 6) is 1.81. The van der Waals surface area contributed by atoms with Gasteiger partial charge in [-0.2, -0.15) is 10.5 Å². The van der Waals surface area contributed by atoms with Gasteiger partial charge in [0, 0.05) is 49.3 Å². The monoisotopic (exact) mass is 581 g/mol. The summed E-state index contributed by atoms with van der Waals surface area (Å²) in [4.78, 5) is 26.5. The first-order chi connectivity index (χ1) is 20.9. The molecule has 3 saturated heterocycles. The van der Waals surface area contributed by atoms with Crippen LogP contribution in [0.25, 0.3) is 22.3 Å². The Labute approximate surface area is 252 Å². The van der Waals surface area contributed by atoms with Gasteiger partial charge in [0.2, 0.25) is 11.7 Å². The third-order valence-corrected chi connectivity index (χ3v) is 9.72. The first-order valence-corrected chi connectivity index (χ1v) is 15.4. The number of likely N-dealkylation sites (tertiary alicyclic amines) is 2. The number of carbonyl (C=O) groups excluding carboxylic acids is 1. The summed E-state index contributed by atoms with van der Waals surface area (Å²) in [5, 5.41) is 20.4. The Balaban J connectivity index is 1.10. The van der Waals surface area contributed by atoms with Gasteiger partial charge >= 0.3 is 0 Å². The maximum Gasteiger partial charge on any atom is 0.242 e. The fourth-order valence-corrected chi connectivity index (χ4v) is 6.85. The van der Waals surface area contributed by atoms with E-state index in [0.29, 0.717) is 41.1 Å². The van der Waals surface area contributed by atoms with Gasteiger partial charge in [-0.1, -0.05) is 0 Å². The van der Waals surface area contributed by atoms with E-state index in [0.717, 1.165) is 88.9 Å². The predicted molar refractivity (Wildman–Crippen MR) is 161 cm³/mol. The van der Waals surface area contributed by atoms with Crippen LogP contribution in [0, 0.1) is 34.5 Å². The number of hydrogen-bond acceptors (Lipinski definition) is 8. The average molecular weight is 582 g/mol. The molecule has 10 heteroatoms. The van der Waals surface area contributed by atoms with Crippen molar-refractivity contribution < 1.29 is 14.3 Å². The van der Waals surface area contributed by atoms with E-state index in [1.54, 1.807) is 6.07 Å². The third-order valence-electron chi connectivity index (χ3n) is 9.72. The summed E-state index contributed by atoms with van der Waals surface area (Å²) in [7, 11) is 2.05. The van der Waals surface area contributed by atoms with Crippen molar-refractivity contribution in [3.05, 3.63) is 41.9 Å². The molecule has 0 radical (unpaired) electrons. The molecule has 5 heterocycles. The molecule has 3 aliphatic rings. The summed E-state index contributed by atoms with van der Waals surface area (Å²) in [5.41, 5.74) is 2.15. The topological polar surface area (TPSA) is 120 Å². The maximum atomic E-state index is 13.2. The number of piperidine rings is 1. The molecule has 0 N–H and O–H groups in total. The molecule has 2 aromatic heterocycles. The minimum Gasteiger partial charge on any atom is -0.492 e. The van der Waals surface area contributed by atoms with Crippen molar-refractivity contribution >= 4 is 16.9 Å². The summed E-state index contributed by atoms with van der Waals surface area (Å²) in [6.07, 6.45) is 7.82. The molecule has 0 aliphatic carbocycles. The van der Waals surface area contributed by atoms with Crippen molar-refractivity contribution in [3.63, 3.8) is 0 Å². The SMILES string of the molecule is CN1CCC[C@]1(C)C(=O)N1CCC(CCOc2ccc(-c3nc(C#N)nc4c3ccn4CC3CCOC3)cc2C#N)CC1. The fraction of sp³-hybridized carbons (Fsp3) is 0.545. The number of likely N-dealkylation sites (N-methyl/N-ethyl adjacent to an activating group) is 1. The van der Waals surface area contributed by atoms with E-state index in [4.69, 9.17) is 9.47 Å². The molecule has 0 saturated carbocycles. The van der Waals surface area contributed by atoms with Gasteiger partial charge in [0.1, 0.15) is 23.5 Å². The number of nitriles is 2. The molecule has 1 amide bonds. The number of aromatic nitrogens is 3. The molecule has 43 heavy (non-hydrogen) atoms. The highest BCUT2D eigenvalue weighted by atomic mass is 16.5. The van der Waals surface area contributed by atoms with Crippen molar-refractivity contribution in [2.24, 2.45) is 11.8 Å². The summed E-state index contributed by atoms with van der Waals surface area (Å²) in [6, 6.07) is 11.8. The molecule has 224 valence electrons. The number of fused-ring (bicyclic) bond motifs is 1. The molecule has 6 rings (SSSR count). The van der Waals surface area contributed by atoms with Gasteiger partial charge in [0.15, 0.2) is 0 Å². The first kappa shape index (κ1) is 29.1. The molecule has 0 bridgehead atoms. The normalized spacial score (nSPS) is 23.0. The maximum absolute atomic E-state index is 13.2. The molecule has 10 nitrogen and oxygen atoms in total. The molecule has 3 aromatic rings. The van der Waals surface area contributed by atoms with Crippen LogP contribution in [0.4, 0.5) is 0 Å². The number of ether oxygens (including phenoxy) is 2. The molecule has 1 aromatic carbocycles. The highest BCUT2D eigenvalue weighted by molar-refractivity contribution is 5.92. The molecule has 0 spiro atoms. The number of nitrogens with zero attached hydrogens (tertiary/aromatic N) is 7. The Morgan fingerprint density at radius 1 is 1.12 bits per heavy atom. The van der Waals surface area contributed by atoms with Gasteiger partial charge in [-0.25, -0.2) is 9.97 Å². The molecule has 2 atom stereocenters. The number of hydrogen-bond donors (Lipinski definition) is 0. The molecule has 3 fully saturated rings. The van der Waals surface area contributed by atoms with Gasteiger partial charge in [0.05, 0.1) is 30.0 Å². The predicted octanol–water partition coefficient (Wildman–Crippen LogP) is 4.37. The van der Waals surface area contributed by atoms with Crippen LogP contribution in [0.2, 0.25) is 0 Å². The lowest BCUT2D eigenvalue weighted by atomic mass is 9.91. The highest BCUT2D eigenvalue weighted by Gasteiger charge is 2.43. The second-order valence-corrected chi connectivity index (χ2v) is 12.4. The third kappa shape index (κ3) is 5.82. The molecule has 3 aliphatic heterocycles. The van der Waals surface area contributed by atoms with Gasteiger partial charge in [-0.3, -0.25) is 9.69 Å². The van der Waals surface area contributed by atoms with Gasteiger partial charge in [0.25, 0.3) is 0 Å². The second-order valence-electron chi connectivity index (χ2n) is 12.4. The standard InChI is InChI=1S/C33H39N7O3/c1-33(11-3-12-38(33)2)32(41)39-13-6-23(7-14-39)10-17-43-28-5-4-25(18-26(28)19-34)30-27-8-15-40(21-24-9-16-42-22-24)31(27)37-29(20-35)36-30/h4-5,8,15,18,23-24H,3,6-7,9-14,16-17,21-22H2,1-2H3/t24?,33-/m1/s1. The van der Waals surface area contributed by atoms with Gasteiger partial charge < -0.3 is 18.9 Å². The summed E-state index contributed by atoms with van der Waals surface area (Å²) in [6.45, 7) is 7.43. The summed E-state index contributed by atoms with van der Waals surface area (Å²) >= 11 is 0. The quantitative estimate of drug-likeness (QED) is 0.385. The minimum absolute atomic E-state index is 0.0982. The van der Waals surface area contributed by atoms with E-state index in [1.165, 1.54) is 0 Å². The first-order valence-electron chi connectivity index (χ1n) is 15.4. The Morgan fingerprint density at radius 2 is 1.95 bits per heavy atom. The van der Waals surface area contributed by atoms with Gasteiger partial charge in [-0.15, -0.1) is 0 Å². The number of rotatable bonds is 8. The van der Waals surface area contributed by atoms with Crippen LogP contribution in [0.5, 0.6) is 5.75 Å². The van der Waals surface area contributed by atoms with Crippen LogP contribution in [0.3, 0.4) is 0 Å². The zero-order chi connectivity index (χ0) is 30.0. The second kappa shape index (κ2) is 12.3. The van der Waals surface area contributed by atoms with E-state index >= 15 is 0 Å². The zero-order valence-electron chi connectivity index (χ0n) is 25.1. The van der Waals surface area contributed by atoms with Crippen molar-refractivity contribution in [1.29, 1.82) is 10.5 Å². The Kier molecular flexibility index (Phi) is 8.34. The zero-order valence-corrected chi connectivity index (χ0v) is 25.1. The average Bonchev–Trinajstić information content (AvgIpc) is 3.78. The lowest BCUT2D eigenvalue weighted by molar-refractivity contribution is -0.142. The van der Waals surface area contributed by atoms with Crippen LogP contribution in [0.1, 0.15) is 56.8 Å². The Bertz CT molecular complexity index is 1570. The van der Waals surface area contributed by atoms with Crippen LogP contribution in [-0.4, -0.2) is 82.3 Å². The molecular formula is C33H39N7O3. The Morgan fingerprint density at radius 3 is 2.65 bits per heavy atom. The number of carbonyl (C=O) groups is 1. The largest absolute Gasteiger partial charge is 0.492 e. The van der Waals surface area contributed by atoms with Crippen LogP contribution in [0.15, 0.2) is 30.5 Å². The molecule has 1 unspecified atom stereocenters. The van der Waals surface area contributed by atoms with E-state index in [2.05, 4.69) is 45.5 Å². The van der Waals surface area contributed by atoms with Crippen LogP contribution >= 0.6 is 0 Å². The van der Waals surface area contributed by atoms with Crippen LogP contribution in [-0.2, 0) is 16.1 Å². The lowest BCUT2D eigenvalue weighted by Gasteiger charge is -2.39. The number of amides is 1. The van der Waals surface area contributed by atoms with E-state index in [9.17, 15) is 15.3 Å². The van der Waals surface area contributed by atoms with Gasteiger partial charge in [-0.05, 0) is 89.2 Å². The van der Waals surface area contributed by atoms with E-state index < -0.39 is 0 Å². The Hall–Kier alpha value is -3.99. The molecular weight excluding hydrogens is 542 g/mol. The van der Waals surface area contributed by atoms with Crippen LogP contribution < -0.4 is 4.74 Å². The van der Waals surface area contributed by atoms with Crippen molar-refractivity contribution in [2.45, 2.75) is 57.5 Å². The summed E-state index contributed by atoms with van der Waals surface area (Å²) < 4.78 is 13.7. The van der Waals surface area contributed by atoms with E-state index in [1.807, 2.05) is 29.3 Å². The van der Waals surface area contributed by atoms with E-state index in [-0.39, 0.29) is 17.3 Å². The fourth-order valence-electron chi connectivity index (χ4n) is 6.85. The van der Waals surface area contributed by atoms with Crippen molar-refractivity contribution in [1.82, 2.24) is 24.3 Å². The van der Waals surface area contributed by atoms with Crippen molar-refractivity contribution in [3.8, 4) is 29.1 Å². The number of benzene rings is 1.